The van der Waals surface area contributed by atoms with Crippen LogP contribution in [0.25, 0.3) is 0 Å². The maximum absolute atomic E-state index is 12.6. The van der Waals surface area contributed by atoms with E-state index in [9.17, 15) is 8.78 Å². The summed E-state index contributed by atoms with van der Waals surface area (Å²) >= 11 is 3.10. The number of rotatable bonds is 2. The van der Waals surface area contributed by atoms with Crippen LogP contribution >= 0.6 is 28.3 Å². The second-order valence-corrected chi connectivity index (χ2v) is 3.28. The minimum absolute atomic E-state index is 0. The van der Waals surface area contributed by atoms with Gasteiger partial charge in [-0.2, -0.15) is 0 Å². The molecule has 13 heavy (non-hydrogen) atoms. The number of benzene rings is 1. The van der Waals surface area contributed by atoms with Crippen LogP contribution in [0.15, 0.2) is 22.7 Å². The molecule has 0 bridgehead atoms. The first-order valence-electron chi connectivity index (χ1n) is 3.41. The van der Waals surface area contributed by atoms with Gasteiger partial charge in [-0.1, -0.05) is 22.0 Å². The molecule has 0 saturated heterocycles. The molecular formula is C8H9BrClF2N. The zero-order valence-electron chi connectivity index (χ0n) is 6.64. The van der Waals surface area contributed by atoms with Gasteiger partial charge in [-0.15, -0.1) is 12.4 Å². The molecule has 74 valence electrons. The fourth-order valence-electron chi connectivity index (χ4n) is 0.885. The highest BCUT2D eigenvalue weighted by Gasteiger charge is 2.09. The summed E-state index contributed by atoms with van der Waals surface area (Å²) in [5.74, 6) is -0.364. The van der Waals surface area contributed by atoms with Gasteiger partial charge in [0.25, 0.3) is 0 Å². The molecule has 0 unspecified atom stereocenters. The van der Waals surface area contributed by atoms with Crippen molar-refractivity contribution < 1.29 is 8.78 Å². The van der Waals surface area contributed by atoms with Crippen LogP contribution in [0.3, 0.4) is 0 Å². The van der Waals surface area contributed by atoms with Crippen molar-refractivity contribution in [2.75, 3.05) is 6.67 Å². The largest absolute Gasteiger partial charge is 0.322 e. The van der Waals surface area contributed by atoms with E-state index in [0.29, 0.717) is 10.0 Å². The van der Waals surface area contributed by atoms with Gasteiger partial charge in [0.1, 0.15) is 12.5 Å². The molecule has 1 aromatic carbocycles. The maximum Gasteiger partial charge on any atom is 0.124 e. The van der Waals surface area contributed by atoms with Crippen molar-refractivity contribution in [1.82, 2.24) is 0 Å². The molecule has 0 fully saturated rings. The molecule has 0 aliphatic rings. The summed E-state index contributed by atoms with van der Waals surface area (Å²) in [7, 11) is 0. The van der Waals surface area contributed by atoms with Crippen LogP contribution in [0.5, 0.6) is 0 Å². The lowest BCUT2D eigenvalue weighted by molar-refractivity contribution is 0.436. The molecule has 1 aromatic rings. The van der Waals surface area contributed by atoms with Gasteiger partial charge in [-0.25, -0.2) is 8.78 Å². The summed E-state index contributed by atoms with van der Waals surface area (Å²) in [5.41, 5.74) is 6.00. The van der Waals surface area contributed by atoms with Crippen LogP contribution in [-0.4, -0.2) is 6.67 Å². The average molecular weight is 273 g/mol. The molecule has 5 heteroatoms. The first-order valence-corrected chi connectivity index (χ1v) is 4.21. The molecule has 1 nitrogen and oxygen atoms in total. The SMILES string of the molecule is Cl.N[C@@H](CF)c1ccc(F)cc1Br. The molecular weight excluding hydrogens is 263 g/mol. The molecule has 0 aromatic heterocycles. The minimum atomic E-state index is -0.681. The maximum atomic E-state index is 12.6. The smallest absolute Gasteiger partial charge is 0.124 e. The standard InChI is InChI=1S/C8H8BrF2N.ClH/c9-7-3-5(11)1-2-6(7)8(12)4-10;/h1-3,8H,4,12H2;1H/t8-;/m0./s1. The van der Waals surface area contributed by atoms with Gasteiger partial charge < -0.3 is 5.73 Å². The normalized spacial score (nSPS) is 12.0. The molecule has 2 N–H and O–H groups in total. The summed E-state index contributed by atoms with van der Waals surface area (Å²) in [6, 6.07) is 3.32. The van der Waals surface area contributed by atoms with E-state index in [1.165, 1.54) is 18.2 Å². The third-order valence-electron chi connectivity index (χ3n) is 1.53. The van der Waals surface area contributed by atoms with E-state index in [2.05, 4.69) is 15.9 Å². The molecule has 0 aliphatic carbocycles. The fraction of sp³-hybridized carbons (Fsp3) is 0.250. The fourth-order valence-corrected chi connectivity index (χ4v) is 1.53. The Hall–Kier alpha value is -0.190. The lowest BCUT2D eigenvalue weighted by Crippen LogP contribution is -2.12. The predicted molar refractivity (Wildman–Crippen MR) is 54.3 cm³/mol. The molecule has 0 aliphatic heterocycles. The Morgan fingerprint density at radius 2 is 2.08 bits per heavy atom. The first kappa shape index (κ1) is 12.8. The summed E-state index contributed by atoms with van der Waals surface area (Å²) in [6.07, 6.45) is 0. The molecule has 1 rings (SSSR count). The lowest BCUT2D eigenvalue weighted by atomic mass is 10.1. The van der Waals surface area contributed by atoms with Crippen LogP contribution in [-0.2, 0) is 0 Å². The third-order valence-corrected chi connectivity index (χ3v) is 2.21. The van der Waals surface area contributed by atoms with Gasteiger partial charge in [0, 0.05) is 4.47 Å². The van der Waals surface area contributed by atoms with Crippen molar-refractivity contribution in [3.63, 3.8) is 0 Å². The Labute approximate surface area is 89.9 Å². The van der Waals surface area contributed by atoms with Crippen molar-refractivity contribution in [3.8, 4) is 0 Å². The number of alkyl halides is 1. The highest BCUT2D eigenvalue weighted by Crippen LogP contribution is 2.23. The summed E-state index contributed by atoms with van der Waals surface area (Å²) in [5, 5.41) is 0. The second kappa shape index (κ2) is 5.52. The number of halogens is 4. The van der Waals surface area contributed by atoms with Gasteiger partial charge in [0.2, 0.25) is 0 Å². The minimum Gasteiger partial charge on any atom is -0.322 e. The van der Waals surface area contributed by atoms with E-state index >= 15 is 0 Å². The van der Waals surface area contributed by atoms with Gasteiger partial charge in [0.15, 0.2) is 0 Å². The quantitative estimate of drug-likeness (QED) is 0.880. The zero-order valence-corrected chi connectivity index (χ0v) is 9.04. The van der Waals surface area contributed by atoms with E-state index in [1.807, 2.05) is 0 Å². The number of hydrogen-bond acceptors (Lipinski definition) is 1. The average Bonchev–Trinajstić information content (AvgIpc) is 2.03. The van der Waals surface area contributed by atoms with Crippen LogP contribution in [0.2, 0.25) is 0 Å². The molecule has 0 radical (unpaired) electrons. The zero-order chi connectivity index (χ0) is 9.14. The molecule has 0 amide bonds. The summed E-state index contributed by atoms with van der Waals surface area (Å²) < 4.78 is 25.2. The van der Waals surface area contributed by atoms with E-state index in [4.69, 9.17) is 5.73 Å². The topological polar surface area (TPSA) is 26.0 Å². The molecule has 0 spiro atoms. The summed E-state index contributed by atoms with van der Waals surface area (Å²) in [4.78, 5) is 0. The molecule has 0 saturated carbocycles. The monoisotopic (exact) mass is 271 g/mol. The van der Waals surface area contributed by atoms with Gasteiger partial charge in [-0.3, -0.25) is 0 Å². The van der Waals surface area contributed by atoms with Gasteiger partial charge >= 0.3 is 0 Å². The van der Waals surface area contributed by atoms with E-state index < -0.39 is 12.7 Å². The third kappa shape index (κ3) is 3.21. The Bertz CT molecular complexity index is 283. The highest BCUT2D eigenvalue weighted by atomic mass is 79.9. The van der Waals surface area contributed by atoms with E-state index in [1.54, 1.807) is 0 Å². The molecule has 1 atom stereocenters. The van der Waals surface area contributed by atoms with Crippen molar-refractivity contribution in [3.05, 3.63) is 34.1 Å². The van der Waals surface area contributed by atoms with E-state index in [0.717, 1.165) is 0 Å². The van der Waals surface area contributed by atoms with Crippen molar-refractivity contribution in [2.24, 2.45) is 5.73 Å². The van der Waals surface area contributed by atoms with Crippen LogP contribution in [0.4, 0.5) is 8.78 Å². The van der Waals surface area contributed by atoms with Gasteiger partial charge in [-0.05, 0) is 17.7 Å². The van der Waals surface area contributed by atoms with E-state index in [-0.39, 0.29) is 18.2 Å². The Balaban J connectivity index is 0.00000144. The van der Waals surface area contributed by atoms with Crippen LogP contribution < -0.4 is 5.73 Å². The second-order valence-electron chi connectivity index (χ2n) is 2.43. The lowest BCUT2D eigenvalue weighted by Gasteiger charge is -2.09. The van der Waals surface area contributed by atoms with Gasteiger partial charge in [0.05, 0.1) is 6.04 Å². The number of nitrogens with two attached hydrogens (primary N) is 1. The Morgan fingerprint density at radius 3 is 2.54 bits per heavy atom. The molecule has 0 heterocycles. The van der Waals surface area contributed by atoms with Crippen LogP contribution in [0, 0.1) is 5.82 Å². The predicted octanol–water partition coefficient (Wildman–Crippen LogP) is 2.98. The Morgan fingerprint density at radius 1 is 1.46 bits per heavy atom. The Kier molecular flexibility index (Phi) is 5.44. The first-order chi connectivity index (χ1) is 5.65. The van der Waals surface area contributed by atoms with Crippen molar-refractivity contribution >= 4 is 28.3 Å². The van der Waals surface area contributed by atoms with Crippen molar-refractivity contribution in [1.29, 1.82) is 0 Å². The number of hydrogen-bond donors (Lipinski definition) is 1. The van der Waals surface area contributed by atoms with Crippen LogP contribution in [0.1, 0.15) is 11.6 Å². The van der Waals surface area contributed by atoms with Crippen molar-refractivity contribution in [2.45, 2.75) is 6.04 Å². The summed E-state index contributed by atoms with van der Waals surface area (Å²) in [6.45, 7) is -0.649. The highest BCUT2D eigenvalue weighted by molar-refractivity contribution is 9.10.